The lowest BCUT2D eigenvalue weighted by Gasteiger charge is -2.19. The fraction of sp³-hybridized carbons (Fsp3) is 0.333. The van der Waals surface area contributed by atoms with Gasteiger partial charge in [0, 0.05) is 5.92 Å². The van der Waals surface area contributed by atoms with Crippen LogP contribution in [0.25, 0.3) is 11.1 Å². The molecular formula is C24H27N3O6. The zero-order valence-corrected chi connectivity index (χ0v) is 18.3. The number of hydrogen-bond donors (Lipinski definition) is 4. The smallest absolute Gasteiger partial charge is 0.407 e. The van der Waals surface area contributed by atoms with E-state index >= 15 is 0 Å². The first-order valence-electron chi connectivity index (χ1n) is 10.8. The molecule has 2 aromatic rings. The summed E-state index contributed by atoms with van der Waals surface area (Å²) in [5, 5.41) is 15.7. The fourth-order valence-electron chi connectivity index (χ4n) is 3.87. The Morgan fingerprint density at radius 3 is 2.12 bits per heavy atom. The largest absolute Gasteiger partial charge is 0.480 e. The summed E-state index contributed by atoms with van der Waals surface area (Å²) in [7, 11) is 0. The van der Waals surface area contributed by atoms with Crippen LogP contribution in [0, 0.1) is 0 Å². The van der Waals surface area contributed by atoms with Gasteiger partial charge in [0.15, 0.2) is 0 Å². The van der Waals surface area contributed by atoms with E-state index in [9.17, 15) is 19.2 Å². The number of rotatable bonds is 10. The molecule has 0 bridgehead atoms. The summed E-state index contributed by atoms with van der Waals surface area (Å²) in [6.45, 7) is 1.06. The lowest BCUT2D eigenvalue weighted by Crippen LogP contribution is -2.49. The van der Waals surface area contributed by atoms with E-state index in [0.29, 0.717) is 12.8 Å². The summed E-state index contributed by atoms with van der Waals surface area (Å²) in [6, 6.07) is 15.1. The molecule has 0 aromatic heterocycles. The number of alkyl carbamates (subject to hydrolysis) is 1. The van der Waals surface area contributed by atoms with Crippen molar-refractivity contribution in [3.8, 4) is 11.1 Å². The summed E-state index contributed by atoms with van der Waals surface area (Å²) >= 11 is 0. The first-order valence-corrected chi connectivity index (χ1v) is 10.8. The van der Waals surface area contributed by atoms with Crippen LogP contribution in [0.4, 0.5) is 4.79 Å². The number of hydrogen-bond acceptors (Lipinski definition) is 5. The van der Waals surface area contributed by atoms with Gasteiger partial charge in [-0.2, -0.15) is 0 Å². The molecule has 4 N–H and O–H groups in total. The molecule has 3 amide bonds. The van der Waals surface area contributed by atoms with Crippen molar-refractivity contribution in [3.63, 3.8) is 0 Å². The quantitative estimate of drug-likeness (QED) is 0.435. The van der Waals surface area contributed by atoms with Gasteiger partial charge < -0.3 is 25.8 Å². The van der Waals surface area contributed by atoms with E-state index in [1.807, 2.05) is 55.5 Å². The third-order valence-corrected chi connectivity index (χ3v) is 5.39. The number of carboxylic acids is 1. The van der Waals surface area contributed by atoms with Crippen LogP contribution in [0.1, 0.15) is 36.8 Å². The highest BCUT2D eigenvalue weighted by molar-refractivity contribution is 5.90. The number of carbonyl (C=O) groups excluding carboxylic acids is 3. The van der Waals surface area contributed by atoms with E-state index in [1.54, 1.807) is 0 Å². The molecule has 0 fully saturated rings. The van der Waals surface area contributed by atoms with E-state index in [2.05, 4.69) is 16.0 Å². The second kappa shape index (κ2) is 11.1. The molecule has 9 heteroatoms. The third-order valence-electron chi connectivity index (χ3n) is 5.39. The standard InChI is InChI=1S/C24H27N3O6/c1-2-7-20(23(31)26-12-21(28)25-13-22(29)30)27-24(32)33-14-19-17-10-5-3-8-15(17)16-9-4-6-11-18(16)19/h3-6,8-11,19-20H,2,7,12-14H2,1H3,(H,25,28)(H,26,31)(H,27,32)(H,29,30). The number of carboxylic acid groups (broad SMARTS) is 1. The van der Waals surface area contributed by atoms with Gasteiger partial charge in [0.1, 0.15) is 19.2 Å². The van der Waals surface area contributed by atoms with Gasteiger partial charge >= 0.3 is 12.1 Å². The molecule has 174 valence electrons. The van der Waals surface area contributed by atoms with Crippen molar-refractivity contribution in [1.29, 1.82) is 0 Å². The van der Waals surface area contributed by atoms with E-state index in [1.165, 1.54) is 0 Å². The zero-order valence-electron chi connectivity index (χ0n) is 18.3. The van der Waals surface area contributed by atoms with Crippen LogP contribution in [0.2, 0.25) is 0 Å². The number of fused-ring (bicyclic) bond motifs is 3. The molecule has 33 heavy (non-hydrogen) atoms. The van der Waals surface area contributed by atoms with E-state index < -0.39 is 43.0 Å². The number of amides is 3. The number of benzene rings is 2. The van der Waals surface area contributed by atoms with Crippen LogP contribution in [0.3, 0.4) is 0 Å². The van der Waals surface area contributed by atoms with Gasteiger partial charge in [-0.1, -0.05) is 61.9 Å². The molecule has 0 spiro atoms. The highest BCUT2D eigenvalue weighted by Gasteiger charge is 2.29. The Kier molecular flexibility index (Phi) is 8.01. The van der Waals surface area contributed by atoms with Crippen molar-refractivity contribution in [2.75, 3.05) is 19.7 Å². The van der Waals surface area contributed by atoms with Crippen molar-refractivity contribution in [1.82, 2.24) is 16.0 Å². The predicted molar refractivity (Wildman–Crippen MR) is 121 cm³/mol. The average Bonchev–Trinajstić information content (AvgIpc) is 3.13. The minimum atomic E-state index is -1.18. The van der Waals surface area contributed by atoms with Crippen molar-refractivity contribution < 1.29 is 29.0 Å². The SMILES string of the molecule is CCCC(NC(=O)OCC1c2ccccc2-c2ccccc21)C(=O)NCC(=O)NCC(=O)O. The molecular weight excluding hydrogens is 426 g/mol. The zero-order chi connectivity index (χ0) is 23.8. The maximum Gasteiger partial charge on any atom is 0.407 e. The summed E-state index contributed by atoms with van der Waals surface area (Å²) < 4.78 is 5.48. The Labute approximate surface area is 191 Å². The predicted octanol–water partition coefficient (Wildman–Crippen LogP) is 2.01. The first-order chi connectivity index (χ1) is 15.9. The number of nitrogens with one attached hydrogen (secondary N) is 3. The Hall–Kier alpha value is -3.88. The topological polar surface area (TPSA) is 134 Å². The minimum absolute atomic E-state index is 0.0977. The molecule has 1 aliphatic rings. The van der Waals surface area contributed by atoms with Crippen LogP contribution in [-0.2, 0) is 19.1 Å². The Balaban J connectivity index is 1.55. The van der Waals surface area contributed by atoms with Gasteiger partial charge in [-0.25, -0.2) is 4.79 Å². The summed E-state index contributed by atoms with van der Waals surface area (Å²) in [5.74, 6) is -2.46. The molecule has 3 rings (SSSR count). The maximum atomic E-state index is 12.5. The molecule has 2 aromatic carbocycles. The van der Waals surface area contributed by atoms with Gasteiger partial charge in [-0.3, -0.25) is 14.4 Å². The Morgan fingerprint density at radius 2 is 1.55 bits per heavy atom. The molecule has 0 saturated heterocycles. The molecule has 0 radical (unpaired) electrons. The van der Waals surface area contributed by atoms with Gasteiger partial charge in [0.25, 0.3) is 0 Å². The number of ether oxygens (including phenoxy) is 1. The first kappa shape index (κ1) is 23.8. The molecule has 9 nitrogen and oxygen atoms in total. The Bertz CT molecular complexity index is 993. The van der Waals surface area contributed by atoms with Crippen LogP contribution < -0.4 is 16.0 Å². The van der Waals surface area contributed by atoms with E-state index in [4.69, 9.17) is 9.84 Å². The molecule has 1 aliphatic carbocycles. The monoisotopic (exact) mass is 453 g/mol. The van der Waals surface area contributed by atoms with Gasteiger partial charge in [-0.15, -0.1) is 0 Å². The molecule has 1 unspecified atom stereocenters. The Morgan fingerprint density at radius 1 is 0.939 bits per heavy atom. The second-order valence-electron chi connectivity index (χ2n) is 7.70. The summed E-state index contributed by atoms with van der Waals surface area (Å²) in [5.41, 5.74) is 4.40. The molecule has 0 aliphatic heterocycles. The van der Waals surface area contributed by atoms with Gasteiger partial charge in [-0.05, 0) is 28.7 Å². The fourth-order valence-corrected chi connectivity index (χ4v) is 3.87. The van der Waals surface area contributed by atoms with Crippen LogP contribution >= 0.6 is 0 Å². The van der Waals surface area contributed by atoms with E-state index in [0.717, 1.165) is 22.3 Å². The van der Waals surface area contributed by atoms with Crippen LogP contribution in [0.15, 0.2) is 48.5 Å². The maximum absolute atomic E-state index is 12.5. The van der Waals surface area contributed by atoms with Crippen molar-refractivity contribution in [2.45, 2.75) is 31.7 Å². The van der Waals surface area contributed by atoms with Crippen molar-refractivity contribution in [2.24, 2.45) is 0 Å². The third kappa shape index (κ3) is 6.09. The molecule has 0 saturated carbocycles. The highest BCUT2D eigenvalue weighted by Crippen LogP contribution is 2.44. The second-order valence-corrected chi connectivity index (χ2v) is 7.70. The van der Waals surface area contributed by atoms with E-state index in [-0.39, 0.29) is 12.5 Å². The lowest BCUT2D eigenvalue weighted by atomic mass is 9.98. The van der Waals surface area contributed by atoms with Crippen molar-refractivity contribution >= 4 is 23.9 Å². The normalized spacial score (nSPS) is 12.8. The van der Waals surface area contributed by atoms with Crippen LogP contribution in [-0.4, -0.2) is 54.7 Å². The van der Waals surface area contributed by atoms with Gasteiger partial charge in [0.2, 0.25) is 11.8 Å². The summed E-state index contributed by atoms with van der Waals surface area (Å²) in [4.78, 5) is 47.0. The minimum Gasteiger partial charge on any atom is -0.480 e. The molecule has 0 heterocycles. The number of aliphatic carboxylic acids is 1. The number of carbonyl (C=O) groups is 4. The molecule has 1 atom stereocenters. The lowest BCUT2D eigenvalue weighted by molar-refractivity contribution is -0.137. The van der Waals surface area contributed by atoms with Crippen molar-refractivity contribution in [3.05, 3.63) is 59.7 Å². The van der Waals surface area contributed by atoms with Gasteiger partial charge in [0.05, 0.1) is 6.54 Å². The average molecular weight is 453 g/mol. The summed E-state index contributed by atoms with van der Waals surface area (Å²) in [6.07, 6.45) is 0.250. The highest BCUT2D eigenvalue weighted by atomic mass is 16.5. The van der Waals surface area contributed by atoms with Crippen LogP contribution in [0.5, 0.6) is 0 Å².